The largest absolute Gasteiger partial charge is 0.461 e. The van der Waals surface area contributed by atoms with Gasteiger partial charge in [0.2, 0.25) is 0 Å². The summed E-state index contributed by atoms with van der Waals surface area (Å²) in [5, 5.41) is 2.67. The van der Waals surface area contributed by atoms with Crippen LogP contribution >= 0.6 is 0 Å². The molecule has 0 aliphatic carbocycles. The summed E-state index contributed by atoms with van der Waals surface area (Å²) in [7, 11) is -3.70. The molecule has 0 aromatic heterocycles. The van der Waals surface area contributed by atoms with Crippen LogP contribution in [0.4, 0.5) is 5.69 Å². The predicted octanol–water partition coefficient (Wildman–Crippen LogP) is 3.29. The number of esters is 1. The van der Waals surface area contributed by atoms with Crippen molar-refractivity contribution in [1.29, 1.82) is 0 Å². The van der Waals surface area contributed by atoms with E-state index in [0.29, 0.717) is 5.69 Å². The van der Waals surface area contributed by atoms with Crippen molar-refractivity contribution in [3.8, 4) is 0 Å². The summed E-state index contributed by atoms with van der Waals surface area (Å²) in [6.45, 7) is 6.76. The Morgan fingerprint density at radius 2 is 1.68 bits per heavy atom. The second kappa shape index (κ2) is 9.32. The van der Waals surface area contributed by atoms with Crippen molar-refractivity contribution in [3.63, 3.8) is 0 Å². The van der Waals surface area contributed by atoms with Crippen LogP contribution in [-0.2, 0) is 24.2 Å². The number of hydrogen-bond donors (Lipinski definition) is 1. The van der Waals surface area contributed by atoms with Crippen LogP contribution < -0.4 is 5.32 Å². The molecule has 6 nitrogen and oxygen atoms in total. The van der Waals surface area contributed by atoms with E-state index in [9.17, 15) is 18.0 Å². The molecular formula is C21H23NO5S. The Balaban J connectivity index is 2.10. The lowest BCUT2D eigenvalue weighted by Crippen LogP contribution is -2.28. The number of carbonyl (C=O) groups excluding carboxylic acids is 2. The number of sulfone groups is 1. The molecule has 0 bridgehead atoms. The quantitative estimate of drug-likeness (QED) is 0.542. The molecule has 148 valence electrons. The third kappa shape index (κ3) is 6.35. The van der Waals surface area contributed by atoms with Crippen LogP contribution in [0, 0.1) is 6.92 Å². The van der Waals surface area contributed by atoms with Crippen LogP contribution in [0.15, 0.2) is 71.6 Å². The molecule has 1 atom stereocenters. The monoisotopic (exact) mass is 401 g/mol. The maximum absolute atomic E-state index is 12.7. The Morgan fingerprint density at radius 3 is 2.25 bits per heavy atom. The minimum Gasteiger partial charge on any atom is -0.461 e. The molecule has 7 heteroatoms. The number of amides is 1. The van der Waals surface area contributed by atoms with Gasteiger partial charge in [0.25, 0.3) is 5.91 Å². The molecule has 0 saturated carbocycles. The molecule has 1 amide bonds. The zero-order valence-corrected chi connectivity index (χ0v) is 16.7. The van der Waals surface area contributed by atoms with Crippen LogP contribution in [0.2, 0.25) is 0 Å². The number of benzene rings is 2. The van der Waals surface area contributed by atoms with Crippen LogP contribution in [-0.4, -0.2) is 32.2 Å². The van der Waals surface area contributed by atoms with Gasteiger partial charge in [0.1, 0.15) is 6.10 Å². The maximum Gasteiger partial charge on any atom is 0.302 e. The topological polar surface area (TPSA) is 89.5 Å². The van der Waals surface area contributed by atoms with E-state index in [2.05, 4.69) is 11.9 Å². The van der Waals surface area contributed by atoms with Crippen molar-refractivity contribution in [2.24, 2.45) is 0 Å². The Hall–Kier alpha value is -2.93. The van der Waals surface area contributed by atoms with E-state index in [1.165, 1.54) is 19.1 Å². The summed E-state index contributed by atoms with van der Waals surface area (Å²) in [6, 6.07) is 15.2. The number of para-hydroxylation sites is 1. The van der Waals surface area contributed by atoms with Gasteiger partial charge in [0.05, 0.1) is 10.6 Å². The Kier molecular flexibility index (Phi) is 7.12. The van der Waals surface area contributed by atoms with E-state index in [1.807, 2.05) is 13.0 Å². The molecule has 0 heterocycles. The molecule has 0 aliphatic rings. The van der Waals surface area contributed by atoms with Gasteiger partial charge in [-0.05, 0) is 31.2 Å². The molecule has 0 spiro atoms. The average Bonchev–Trinajstić information content (AvgIpc) is 2.62. The first-order valence-corrected chi connectivity index (χ1v) is 10.3. The van der Waals surface area contributed by atoms with Crippen LogP contribution in [0.1, 0.15) is 18.9 Å². The Bertz CT molecular complexity index is 950. The zero-order chi connectivity index (χ0) is 20.7. The van der Waals surface area contributed by atoms with Gasteiger partial charge in [-0.3, -0.25) is 9.59 Å². The summed E-state index contributed by atoms with van der Waals surface area (Å²) in [5.41, 5.74) is 1.64. The number of anilines is 1. The summed E-state index contributed by atoms with van der Waals surface area (Å²) >= 11 is 0. The summed E-state index contributed by atoms with van der Waals surface area (Å²) in [5.74, 6) is -1.52. The van der Waals surface area contributed by atoms with Gasteiger partial charge in [0, 0.05) is 24.6 Å². The molecule has 28 heavy (non-hydrogen) atoms. The van der Waals surface area contributed by atoms with Gasteiger partial charge >= 0.3 is 5.97 Å². The number of rotatable bonds is 8. The highest BCUT2D eigenvalue weighted by molar-refractivity contribution is 7.91. The first-order chi connectivity index (χ1) is 13.2. The van der Waals surface area contributed by atoms with Gasteiger partial charge in [-0.25, -0.2) is 8.42 Å². The van der Waals surface area contributed by atoms with Crippen LogP contribution in [0.25, 0.3) is 0 Å². The number of carbonyl (C=O) groups is 2. The van der Waals surface area contributed by atoms with E-state index >= 15 is 0 Å². The van der Waals surface area contributed by atoms with Gasteiger partial charge in [-0.1, -0.05) is 42.5 Å². The molecule has 2 rings (SSSR count). The minimum absolute atomic E-state index is 0.0939. The van der Waals surface area contributed by atoms with Gasteiger partial charge in [-0.2, -0.15) is 0 Å². The highest BCUT2D eigenvalue weighted by Crippen LogP contribution is 2.18. The summed E-state index contributed by atoms with van der Waals surface area (Å²) in [4.78, 5) is 23.9. The van der Waals surface area contributed by atoms with Crippen molar-refractivity contribution >= 4 is 27.4 Å². The van der Waals surface area contributed by atoms with Crippen molar-refractivity contribution in [2.75, 3.05) is 11.1 Å². The van der Waals surface area contributed by atoms with Crippen LogP contribution in [0.3, 0.4) is 0 Å². The fourth-order valence-electron chi connectivity index (χ4n) is 2.56. The second-order valence-electron chi connectivity index (χ2n) is 6.45. The van der Waals surface area contributed by atoms with E-state index in [1.54, 1.807) is 36.4 Å². The predicted molar refractivity (Wildman–Crippen MR) is 108 cm³/mol. The third-order valence-corrected chi connectivity index (χ3v) is 5.75. The summed E-state index contributed by atoms with van der Waals surface area (Å²) < 4.78 is 30.5. The number of aryl methyl sites for hydroxylation is 1. The van der Waals surface area contributed by atoms with E-state index in [0.717, 1.165) is 5.56 Å². The van der Waals surface area contributed by atoms with Gasteiger partial charge in [-0.15, -0.1) is 0 Å². The van der Waals surface area contributed by atoms with E-state index in [-0.39, 0.29) is 16.9 Å². The van der Waals surface area contributed by atoms with E-state index < -0.39 is 33.6 Å². The first-order valence-electron chi connectivity index (χ1n) is 8.68. The number of hydrogen-bond acceptors (Lipinski definition) is 5. The zero-order valence-electron chi connectivity index (χ0n) is 15.8. The van der Waals surface area contributed by atoms with E-state index in [4.69, 9.17) is 4.74 Å². The average molecular weight is 401 g/mol. The smallest absolute Gasteiger partial charge is 0.302 e. The number of nitrogens with one attached hydrogen (secondary N) is 1. The maximum atomic E-state index is 12.7. The number of ether oxygens (including phenoxy) is 1. The molecule has 1 unspecified atom stereocenters. The molecule has 2 aromatic rings. The van der Waals surface area contributed by atoms with Crippen molar-refractivity contribution in [3.05, 3.63) is 72.3 Å². The lowest BCUT2D eigenvalue weighted by molar-refractivity contribution is -0.145. The lowest BCUT2D eigenvalue weighted by atomic mass is 10.1. The Morgan fingerprint density at radius 1 is 1.07 bits per heavy atom. The third-order valence-electron chi connectivity index (χ3n) is 3.94. The van der Waals surface area contributed by atoms with Crippen LogP contribution in [0.5, 0.6) is 0 Å². The highest BCUT2D eigenvalue weighted by atomic mass is 32.2. The molecule has 0 saturated heterocycles. The first kappa shape index (κ1) is 21.4. The molecular weight excluding hydrogens is 378 g/mol. The molecule has 0 fully saturated rings. The molecule has 2 aromatic carbocycles. The standard InChI is InChI=1S/C21H23NO5S/c1-15-9-11-20(12-10-15)28(25,26)14-19(27-17(3)23)13-16(2)21(24)22-18-7-5-4-6-8-18/h4-12,19H,2,13-14H2,1,3H3,(H,22,24). The molecule has 0 radical (unpaired) electrons. The van der Waals surface area contributed by atoms with Crippen molar-refractivity contribution in [2.45, 2.75) is 31.3 Å². The second-order valence-corrected chi connectivity index (χ2v) is 8.49. The molecule has 1 N–H and O–H groups in total. The fourth-order valence-corrected chi connectivity index (χ4v) is 3.98. The summed E-state index contributed by atoms with van der Waals surface area (Å²) in [6.07, 6.45) is -1.11. The van der Waals surface area contributed by atoms with Gasteiger partial charge < -0.3 is 10.1 Å². The lowest BCUT2D eigenvalue weighted by Gasteiger charge is -2.18. The minimum atomic E-state index is -3.70. The Labute approximate surface area is 165 Å². The van der Waals surface area contributed by atoms with Crippen molar-refractivity contribution < 1.29 is 22.7 Å². The van der Waals surface area contributed by atoms with Gasteiger partial charge in [0.15, 0.2) is 9.84 Å². The van der Waals surface area contributed by atoms with Crippen molar-refractivity contribution in [1.82, 2.24) is 0 Å². The fraction of sp³-hybridized carbons (Fsp3) is 0.238. The SMILES string of the molecule is C=C(CC(CS(=O)(=O)c1ccc(C)cc1)OC(C)=O)C(=O)Nc1ccccc1. The highest BCUT2D eigenvalue weighted by Gasteiger charge is 2.25. The molecule has 0 aliphatic heterocycles. The normalized spacial score (nSPS) is 12.1.